The van der Waals surface area contributed by atoms with Crippen molar-refractivity contribution in [1.29, 1.82) is 0 Å². The van der Waals surface area contributed by atoms with E-state index in [9.17, 15) is 0 Å². The van der Waals surface area contributed by atoms with Crippen molar-refractivity contribution in [2.45, 2.75) is 84.3 Å². The topological polar surface area (TPSA) is 12.5 Å². The highest BCUT2D eigenvalue weighted by molar-refractivity contribution is 4.85. The summed E-state index contributed by atoms with van der Waals surface area (Å²) in [6.07, 6.45) is 11.9. The second kappa shape index (κ2) is 8.92. The molecule has 0 aromatic rings. The van der Waals surface area contributed by atoms with Crippen molar-refractivity contribution in [2.24, 2.45) is 0 Å². The number of nitrogens with zero attached hydrogens (tertiary/aromatic N) is 1. The van der Waals surface area contributed by atoms with Gasteiger partial charge in [0.15, 0.2) is 0 Å². The Morgan fingerprint density at radius 3 is 2.33 bits per heavy atom. The van der Waals surface area contributed by atoms with Crippen LogP contribution in [0.3, 0.4) is 0 Å². The maximum absolute atomic E-state index is 6.11. The molecule has 1 aliphatic rings. The number of rotatable bonds is 10. The standard InChI is InChI=1S/C16H33NO/c1-4-7-8-9-10-11-12-16(6-3)17(13-5-2)14-15-18-16/h4-15H2,1-3H3. The summed E-state index contributed by atoms with van der Waals surface area (Å²) < 4.78 is 6.11. The summed E-state index contributed by atoms with van der Waals surface area (Å²) in [5.74, 6) is 0. The Labute approximate surface area is 114 Å². The van der Waals surface area contributed by atoms with Crippen LogP contribution in [0.2, 0.25) is 0 Å². The SMILES string of the molecule is CCCCCCCCC1(CC)OCCN1CCC. The van der Waals surface area contributed by atoms with Gasteiger partial charge in [0.2, 0.25) is 0 Å². The van der Waals surface area contributed by atoms with E-state index in [1.807, 2.05) is 0 Å². The molecule has 0 radical (unpaired) electrons. The molecule has 18 heavy (non-hydrogen) atoms. The molecular weight excluding hydrogens is 222 g/mol. The molecule has 1 unspecified atom stereocenters. The van der Waals surface area contributed by atoms with Crippen LogP contribution in [-0.4, -0.2) is 30.3 Å². The van der Waals surface area contributed by atoms with Crippen molar-refractivity contribution < 1.29 is 4.74 Å². The van der Waals surface area contributed by atoms with Gasteiger partial charge in [-0.25, -0.2) is 0 Å². The molecule has 2 nitrogen and oxygen atoms in total. The lowest BCUT2D eigenvalue weighted by atomic mass is 9.99. The zero-order valence-corrected chi connectivity index (χ0v) is 12.8. The zero-order valence-electron chi connectivity index (χ0n) is 12.8. The molecule has 0 N–H and O–H groups in total. The summed E-state index contributed by atoms with van der Waals surface area (Å²) in [4.78, 5) is 2.58. The number of ether oxygens (including phenoxy) is 1. The Hall–Kier alpha value is -0.0800. The Bertz CT molecular complexity index is 207. The summed E-state index contributed by atoms with van der Waals surface area (Å²) >= 11 is 0. The smallest absolute Gasteiger partial charge is 0.121 e. The predicted molar refractivity (Wildman–Crippen MR) is 78.8 cm³/mol. The van der Waals surface area contributed by atoms with Crippen molar-refractivity contribution >= 4 is 0 Å². The molecule has 1 heterocycles. The second-order valence-corrected chi connectivity index (χ2v) is 5.65. The molecule has 0 bridgehead atoms. The summed E-state index contributed by atoms with van der Waals surface area (Å²) in [5, 5.41) is 0. The van der Waals surface area contributed by atoms with E-state index in [1.54, 1.807) is 0 Å². The lowest BCUT2D eigenvalue weighted by molar-refractivity contribution is -0.0923. The number of hydrogen-bond acceptors (Lipinski definition) is 2. The van der Waals surface area contributed by atoms with Crippen LogP contribution in [0.15, 0.2) is 0 Å². The summed E-state index contributed by atoms with van der Waals surface area (Å²) in [6, 6.07) is 0. The van der Waals surface area contributed by atoms with Gasteiger partial charge < -0.3 is 4.74 Å². The normalized spacial score (nSPS) is 24.8. The molecule has 0 aromatic heterocycles. The van der Waals surface area contributed by atoms with Crippen molar-refractivity contribution in [2.75, 3.05) is 19.7 Å². The highest BCUT2D eigenvalue weighted by atomic mass is 16.5. The molecule has 0 aromatic carbocycles. The van der Waals surface area contributed by atoms with Crippen molar-refractivity contribution in [1.82, 2.24) is 4.90 Å². The molecule has 1 aliphatic heterocycles. The summed E-state index contributed by atoms with van der Waals surface area (Å²) in [6.45, 7) is 10.1. The van der Waals surface area contributed by atoms with Gasteiger partial charge in [-0.2, -0.15) is 0 Å². The van der Waals surface area contributed by atoms with E-state index < -0.39 is 0 Å². The number of hydrogen-bond donors (Lipinski definition) is 0. The Balaban J connectivity index is 2.26. The van der Waals surface area contributed by atoms with Gasteiger partial charge >= 0.3 is 0 Å². The van der Waals surface area contributed by atoms with Crippen molar-refractivity contribution in [3.63, 3.8) is 0 Å². The third-order valence-corrected chi connectivity index (χ3v) is 4.28. The molecule has 1 saturated heterocycles. The fourth-order valence-electron chi connectivity index (χ4n) is 3.14. The van der Waals surface area contributed by atoms with Crippen LogP contribution in [0.1, 0.15) is 78.6 Å². The maximum Gasteiger partial charge on any atom is 0.121 e. The first-order valence-corrected chi connectivity index (χ1v) is 8.18. The molecule has 0 spiro atoms. The molecular formula is C16H33NO. The first-order chi connectivity index (χ1) is 8.79. The average Bonchev–Trinajstić information content (AvgIpc) is 2.78. The molecule has 1 rings (SSSR count). The molecule has 108 valence electrons. The fourth-order valence-corrected chi connectivity index (χ4v) is 3.14. The summed E-state index contributed by atoms with van der Waals surface area (Å²) in [7, 11) is 0. The minimum Gasteiger partial charge on any atom is -0.359 e. The summed E-state index contributed by atoms with van der Waals surface area (Å²) in [5.41, 5.74) is 0.0841. The quantitative estimate of drug-likeness (QED) is 0.530. The van der Waals surface area contributed by atoms with E-state index in [-0.39, 0.29) is 5.72 Å². The van der Waals surface area contributed by atoms with Gasteiger partial charge in [0, 0.05) is 13.1 Å². The molecule has 0 amide bonds. The molecule has 0 aliphatic carbocycles. The van der Waals surface area contributed by atoms with Gasteiger partial charge in [-0.05, 0) is 25.7 Å². The first kappa shape index (κ1) is 16.0. The number of unbranched alkanes of at least 4 members (excludes halogenated alkanes) is 5. The monoisotopic (exact) mass is 255 g/mol. The Morgan fingerprint density at radius 2 is 1.67 bits per heavy atom. The zero-order chi connectivity index (χ0) is 13.3. The van der Waals surface area contributed by atoms with Gasteiger partial charge in [0.1, 0.15) is 5.72 Å². The lowest BCUT2D eigenvalue weighted by Crippen LogP contribution is -2.44. The van der Waals surface area contributed by atoms with Crippen LogP contribution < -0.4 is 0 Å². The van der Waals surface area contributed by atoms with Gasteiger partial charge in [0.25, 0.3) is 0 Å². The van der Waals surface area contributed by atoms with E-state index >= 15 is 0 Å². The molecule has 1 fully saturated rings. The molecule has 2 heteroatoms. The highest BCUT2D eigenvalue weighted by Crippen LogP contribution is 2.32. The van der Waals surface area contributed by atoms with Crippen LogP contribution in [0, 0.1) is 0 Å². The van der Waals surface area contributed by atoms with Gasteiger partial charge in [-0.1, -0.05) is 52.9 Å². The van der Waals surface area contributed by atoms with Crippen LogP contribution >= 0.6 is 0 Å². The lowest BCUT2D eigenvalue weighted by Gasteiger charge is -2.36. The maximum atomic E-state index is 6.11. The third kappa shape index (κ3) is 4.55. The van der Waals surface area contributed by atoms with E-state index in [0.717, 1.165) is 19.6 Å². The van der Waals surface area contributed by atoms with Crippen LogP contribution in [0.5, 0.6) is 0 Å². The Morgan fingerprint density at radius 1 is 0.944 bits per heavy atom. The van der Waals surface area contributed by atoms with Crippen LogP contribution in [0.25, 0.3) is 0 Å². The van der Waals surface area contributed by atoms with Crippen molar-refractivity contribution in [3.8, 4) is 0 Å². The molecule has 0 saturated carbocycles. The van der Waals surface area contributed by atoms with Crippen LogP contribution in [0.4, 0.5) is 0 Å². The van der Waals surface area contributed by atoms with Gasteiger partial charge in [-0.3, -0.25) is 4.90 Å². The predicted octanol–water partition coefficient (Wildman–Crippen LogP) is 4.59. The largest absolute Gasteiger partial charge is 0.359 e. The van der Waals surface area contributed by atoms with E-state index in [2.05, 4.69) is 25.7 Å². The minimum atomic E-state index is 0.0841. The first-order valence-electron chi connectivity index (χ1n) is 8.18. The van der Waals surface area contributed by atoms with E-state index in [4.69, 9.17) is 4.74 Å². The molecule has 1 atom stereocenters. The fraction of sp³-hybridized carbons (Fsp3) is 1.00. The Kier molecular flexibility index (Phi) is 7.92. The van der Waals surface area contributed by atoms with E-state index in [1.165, 1.54) is 57.9 Å². The van der Waals surface area contributed by atoms with Crippen LogP contribution in [-0.2, 0) is 4.74 Å². The highest BCUT2D eigenvalue weighted by Gasteiger charge is 2.39. The van der Waals surface area contributed by atoms with Gasteiger partial charge in [-0.15, -0.1) is 0 Å². The minimum absolute atomic E-state index is 0.0841. The average molecular weight is 255 g/mol. The van der Waals surface area contributed by atoms with E-state index in [0.29, 0.717) is 0 Å². The van der Waals surface area contributed by atoms with Gasteiger partial charge in [0.05, 0.1) is 6.61 Å². The third-order valence-electron chi connectivity index (χ3n) is 4.28. The van der Waals surface area contributed by atoms with Crippen molar-refractivity contribution in [3.05, 3.63) is 0 Å². The second-order valence-electron chi connectivity index (χ2n) is 5.65.